The van der Waals surface area contributed by atoms with Gasteiger partial charge in [-0.1, -0.05) is 12.8 Å². The van der Waals surface area contributed by atoms with E-state index in [1.54, 1.807) is 0 Å². The maximum Gasteiger partial charge on any atom is 0.0762 e. The van der Waals surface area contributed by atoms with E-state index >= 15 is 0 Å². The number of rotatable bonds is 6. The average Bonchev–Trinajstić information content (AvgIpc) is 3.17. The Bertz CT molecular complexity index is 419. The van der Waals surface area contributed by atoms with Gasteiger partial charge < -0.3 is 10.1 Å². The second-order valence-corrected chi connectivity index (χ2v) is 6.80. The van der Waals surface area contributed by atoms with Gasteiger partial charge >= 0.3 is 0 Å². The van der Waals surface area contributed by atoms with Crippen molar-refractivity contribution >= 4 is 0 Å². The van der Waals surface area contributed by atoms with Crippen LogP contribution in [0.1, 0.15) is 63.6 Å². The Hall–Kier alpha value is -0.870. The molecule has 1 aliphatic heterocycles. The third-order valence-electron chi connectivity index (χ3n) is 5.02. The fourth-order valence-electron chi connectivity index (χ4n) is 3.69. The minimum atomic E-state index is 0.560. The van der Waals surface area contributed by atoms with Gasteiger partial charge in [0, 0.05) is 32.0 Å². The third kappa shape index (κ3) is 4.30. The first kappa shape index (κ1) is 15.0. The van der Waals surface area contributed by atoms with E-state index in [9.17, 15) is 0 Å². The summed E-state index contributed by atoms with van der Waals surface area (Å²) in [6.45, 7) is 5.08. The molecule has 0 unspecified atom stereocenters. The summed E-state index contributed by atoms with van der Waals surface area (Å²) in [6, 6.07) is 3.38. The Morgan fingerprint density at radius 1 is 1.29 bits per heavy atom. The molecule has 0 aromatic carbocycles. The number of nitrogens with one attached hydrogen (secondary N) is 1. The lowest BCUT2D eigenvalue weighted by Crippen LogP contribution is -2.30. The highest BCUT2D eigenvalue weighted by molar-refractivity contribution is 5.00. The standard InChI is InChI=1S/C17H29N3O/c1-14(12-15-7-10-21-11-8-15)18-13-16-6-9-20(19-16)17-4-2-3-5-17/h6,9,14-15,17-18H,2-5,7-8,10-13H2,1H3/t14-/m1/s1. The molecule has 4 heteroatoms. The topological polar surface area (TPSA) is 39.1 Å². The fraction of sp³-hybridized carbons (Fsp3) is 0.824. The summed E-state index contributed by atoms with van der Waals surface area (Å²) >= 11 is 0. The van der Waals surface area contributed by atoms with E-state index in [1.807, 2.05) is 0 Å². The summed E-state index contributed by atoms with van der Waals surface area (Å²) in [4.78, 5) is 0. The first-order valence-corrected chi connectivity index (χ1v) is 8.66. The lowest BCUT2D eigenvalue weighted by molar-refractivity contribution is 0.0611. The van der Waals surface area contributed by atoms with Gasteiger partial charge in [-0.15, -0.1) is 0 Å². The molecule has 1 saturated carbocycles. The van der Waals surface area contributed by atoms with Gasteiger partial charge in [0.2, 0.25) is 0 Å². The van der Waals surface area contributed by atoms with Crippen LogP contribution < -0.4 is 5.32 Å². The monoisotopic (exact) mass is 291 g/mol. The van der Waals surface area contributed by atoms with E-state index in [0.717, 1.165) is 25.7 Å². The zero-order chi connectivity index (χ0) is 14.5. The van der Waals surface area contributed by atoms with Crippen molar-refractivity contribution in [1.82, 2.24) is 15.1 Å². The van der Waals surface area contributed by atoms with Gasteiger partial charge in [0.1, 0.15) is 0 Å². The molecule has 1 aromatic heterocycles. The molecule has 0 spiro atoms. The van der Waals surface area contributed by atoms with Crippen LogP contribution in [0.25, 0.3) is 0 Å². The summed E-state index contributed by atoms with van der Waals surface area (Å²) in [5, 5.41) is 8.38. The molecular weight excluding hydrogens is 262 g/mol. The Labute approximate surface area is 128 Å². The molecule has 1 saturated heterocycles. The van der Waals surface area contributed by atoms with Crippen LogP contribution in [0.3, 0.4) is 0 Å². The van der Waals surface area contributed by atoms with Gasteiger partial charge in [-0.2, -0.15) is 5.10 Å². The lowest BCUT2D eigenvalue weighted by Gasteiger charge is -2.25. The van der Waals surface area contributed by atoms with E-state index < -0.39 is 0 Å². The number of hydrogen-bond donors (Lipinski definition) is 1. The zero-order valence-electron chi connectivity index (χ0n) is 13.3. The second-order valence-electron chi connectivity index (χ2n) is 6.80. The lowest BCUT2D eigenvalue weighted by atomic mass is 9.93. The first-order valence-electron chi connectivity index (χ1n) is 8.66. The van der Waals surface area contributed by atoms with Crippen molar-refractivity contribution in [2.24, 2.45) is 5.92 Å². The maximum atomic E-state index is 5.43. The molecular formula is C17H29N3O. The fourth-order valence-corrected chi connectivity index (χ4v) is 3.69. The van der Waals surface area contributed by atoms with Crippen molar-refractivity contribution in [2.75, 3.05) is 13.2 Å². The van der Waals surface area contributed by atoms with Crippen LogP contribution in [0.4, 0.5) is 0 Å². The number of hydrogen-bond acceptors (Lipinski definition) is 3. The minimum Gasteiger partial charge on any atom is -0.381 e. The summed E-state index contributed by atoms with van der Waals surface area (Å²) < 4.78 is 7.62. The van der Waals surface area contributed by atoms with Crippen molar-refractivity contribution in [3.8, 4) is 0 Å². The van der Waals surface area contributed by atoms with Crippen LogP contribution in [0.2, 0.25) is 0 Å². The van der Waals surface area contributed by atoms with Crippen molar-refractivity contribution in [1.29, 1.82) is 0 Å². The van der Waals surface area contributed by atoms with Crippen LogP contribution in [0, 0.1) is 5.92 Å². The van der Waals surface area contributed by atoms with E-state index in [1.165, 1.54) is 50.6 Å². The molecule has 4 nitrogen and oxygen atoms in total. The molecule has 1 aliphatic carbocycles. The summed E-state index contributed by atoms with van der Waals surface area (Å²) in [5.74, 6) is 0.831. The van der Waals surface area contributed by atoms with Crippen LogP contribution >= 0.6 is 0 Å². The van der Waals surface area contributed by atoms with E-state index in [0.29, 0.717) is 12.1 Å². The molecule has 1 aromatic rings. The molecule has 3 rings (SSSR count). The average molecular weight is 291 g/mol. The maximum absolute atomic E-state index is 5.43. The van der Waals surface area contributed by atoms with Gasteiger partial charge in [-0.3, -0.25) is 4.68 Å². The molecule has 21 heavy (non-hydrogen) atoms. The molecule has 0 radical (unpaired) electrons. The third-order valence-corrected chi connectivity index (χ3v) is 5.02. The normalized spacial score (nSPS) is 22.7. The number of ether oxygens (including phenoxy) is 1. The molecule has 1 N–H and O–H groups in total. The van der Waals surface area contributed by atoms with Crippen molar-refractivity contribution in [2.45, 2.75) is 70.5 Å². The van der Waals surface area contributed by atoms with Crippen LogP contribution in [-0.4, -0.2) is 29.0 Å². The predicted molar refractivity (Wildman–Crippen MR) is 84.2 cm³/mol. The highest BCUT2D eigenvalue weighted by atomic mass is 16.5. The predicted octanol–water partition coefficient (Wildman–Crippen LogP) is 3.29. The van der Waals surface area contributed by atoms with E-state index in [-0.39, 0.29) is 0 Å². The quantitative estimate of drug-likeness (QED) is 0.874. The second kappa shape index (κ2) is 7.41. The van der Waals surface area contributed by atoms with Gasteiger partial charge in [0.15, 0.2) is 0 Å². The first-order chi connectivity index (χ1) is 10.3. The molecule has 2 fully saturated rings. The van der Waals surface area contributed by atoms with Gasteiger partial charge in [0.25, 0.3) is 0 Å². The van der Waals surface area contributed by atoms with Crippen molar-refractivity contribution in [3.05, 3.63) is 18.0 Å². The van der Waals surface area contributed by atoms with Gasteiger partial charge in [-0.25, -0.2) is 0 Å². The Morgan fingerprint density at radius 2 is 2.05 bits per heavy atom. The van der Waals surface area contributed by atoms with E-state index in [2.05, 4.69) is 29.2 Å². The molecule has 0 bridgehead atoms. The van der Waals surface area contributed by atoms with Crippen molar-refractivity contribution < 1.29 is 4.74 Å². The van der Waals surface area contributed by atoms with Crippen LogP contribution in [0.5, 0.6) is 0 Å². The highest BCUT2D eigenvalue weighted by Crippen LogP contribution is 2.28. The van der Waals surface area contributed by atoms with Gasteiger partial charge in [0.05, 0.1) is 11.7 Å². The Morgan fingerprint density at radius 3 is 2.81 bits per heavy atom. The summed E-state index contributed by atoms with van der Waals surface area (Å²) in [5.41, 5.74) is 1.18. The zero-order valence-corrected chi connectivity index (χ0v) is 13.3. The smallest absolute Gasteiger partial charge is 0.0762 e. The van der Waals surface area contributed by atoms with Crippen molar-refractivity contribution in [3.63, 3.8) is 0 Å². The Kier molecular flexibility index (Phi) is 5.31. The molecule has 1 atom stereocenters. The Balaban J connectivity index is 1.41. The highest BCUT2D eigenvalue weighted by Gasteiger charge is 2.18. The van der Waals surface area contributed by atoms with E-state index in [4.69, 9.17) is 9.84 Å². The van der Waals surface area contributed by atoms with Gasteiger partial charge in [-0.05, 0) is 51.0 Å². The SMILES string of the molecule is C[C@H](CC1CCOCC1)NCc1ccn(C2CCCC2)n1. The largest absolute Gasteiger partial charge is 0.381 e. The number of aromatic nitrogens is 2. The molecule has 2 aliphatic rings. The number of nitrogens with zero attached hydrogens (tertiary/aromatic N) is 2. The summed E-state index contributed by atoms with van der Waals surface area (Å²) in [7, 11) is 0. The van der Waals surface area contributed by atoms with Crippen LogP contribution in [-0.2, 0) is 11.3 Å². The molecule has 0 amide bonds. The van der Waals surface area contributed by atoms with Crippen LogP contribution in [0.15, 0.2) is 12.3 Å². The summed E-state index contributed by atoms with van der Waals surface area (Å²) in [6.07, 6.45) is 11.2. The minimum absolute atomic E-state index is 0.560. The molecule has 2 heterocycles. The molecule has 118 valence electrons.